The first kappa shape index (κ1) is 16.4. The van der Waals surface area contributed by atoms with Crippen molar-refractivity contribution in [1.82, 2.24) is 19.8 Å². The number of aromatic nitrogens is 2. The van der Waals surface area contributed by atoms with Gasteiger partial charge in [0, 0.05) is 25.9 Å². The monoisotopic (exact) mass is 316 g/mol. The molecule has 0 saturated carbocycles. The fourth-order valence-electron chi connectivity index (χ4n) is 2.19. The summed E-state index contributed by atoms with van der Waals surface area (Å²) in [6, 6.07) is 0. The lowest BCUT2D eigenvalue weighted by molar-refractivity contribution is 0.114. The molecule has 8 heteroatoms. The van der Waals surface area contributed by atoms with Crippen LogP contribution in [0.5, 0.6) is 0 Å². The van der Waals surface area contributed by atoms with Gasteiger partial charge < -0.3 is 10.1 Å². The highest BCUT2D eigenvalue weighted by Gasteiger charge is 2.21. The summed E-state index contributed by atoms with van der Waals surface area (Å²) >= 11 is 0. The Morgan fingerprint density at radius 2 is 2.33 bits per heavy atom. The average molecular weight is 316 g/mol. The zero-order valence-corrected chi connectivity index (χ0v) is 13.2. The van der Waals surface area contributed by atoms with Gasteiger partial charge in [-0.25, -0.2) is 13.1 Å². The molecule has 1 unspecified atom stereocenters. The van der Waals surface area contributed by atoms with E-state index in [1.54, 1.807) is 10.9 Å². The third-order valence-corrected chi connectivity index (χ3v) is 4.77. The molecule has 1 aromatic rings. The molecule has 0 spiro atoms. The zero-order chi connectivity index (χ0) is 15.1. The highest BCUT2D eigenvalue weighted by Crippen LogP contribution is 2.12. The Kier molecular flexibility index (Phi) is 6.16. The van der Waals surface area contributed by atoms with Crippen molar-refractivity contribution in [2.24, 2.45) is 0 Å². The largest absolute Gasteiger partial charge is 0.377 e. The molecule has 120 valence electrons. The summed E-state index contributed by atoms with van der Waals surface area (Å²) in [6.45, 7) is 5.53. The fraction of sp³-hybridized carbons (Fsp3) is 0.769. The summed E-state index contributed by atoms with van der Waals surface area (Å²) < 4.78 is 33.9. The predicted molar refractivity (Wildman–Crippen MR) is 79.6 cm³/mol. The van der Waals surface area contributed by atoms with Crippen LogP contribution in [-0.2, 0) is 21.3 Å². The van der Waals surface area contributed by atoms with Gasteiger partial charge in [-0.3, -0.25) is 4.68 Å². The van der Waals surface area contributed by atoms with Crippen LogP contribution in [0, 0.1) is 0 Å². The highest BCUT2D eigenvalue weighted by molar-refractivity contribution is 7.89. The molecule has 2 heterocycles. The van der Waals surface area contributed by atoms with Crippen LogP contribution in [0.2, 0.25) is 0 Å². The van der Waals surface area contributed by atoms with Crippen LogP contribution in [0.15, 0.2) is 17.3 Å². The minimum absolute atomic E-state index is 0.00642. The maximum absolute atomic E-state index is 12.1. The Morgan fingerprint density at radius 3 is 3.05 bits per heavy atom. The second-order valence-corrected chi connectivity index (χ2v) is 6.94. The summed E-state index contributed by atoms with van der Waals surface area (Å²) in [4.78, 5) is 0.205. The van der Waals surface area contributed by atoms with Crippen LogP contribution >= 0.6 is 0 Å². The first-order valence-corrected chi connectivity index (χ1v) is 8.94. The number of hydrogen-bond acceptors (Lipinski definition) is 5. The summed E-state index contributed by atoms with van der Waals surface area (Å²) in [5.74, 6) is 0. The second-order valence-electron chi connectivity index (χ2n) is 5.18. The summed E-state index contributed by atoms with van der Waals surface area (Å²) in [6.07, 6.45) is 5.92. The molecule has 1 saturated heterocycles. The molecule has 2 N–H and O–H groups in total. The SMILES string of the molecule is CCCNCCn1cc(S(=O)(=O)NCC2CCCO2)cn1. The zero-order valence-electron chi connectivity index (χ0n) is 12.4. The van der Waals surface area contributed by atoms with Gasteiger partial charge in [0.2, 0.25) is 10.0 Å². The molecule has 1 aliphatic heterocycles. The van der Waals surface area contributed by atoms with Gasteiger partial charge in [0.15, 0.2) is 0 Å². The van der Waals surface area contributed by atoms with E-state index in [0.717, 1.165) is 39.0 Å². The Bertz CT molecular complexity index is 523. The lowest BCUT2D eigenvalue weighted by Crippen LogP contribution is -2.31. The molecule has 2 rings (SSSR count). The molecule has 1 atom stereocenters. The van der Waals surface area contributed by atoms with E-state index in [1.807, 2.05) is 0 Å². The highest BCUT2D eigenvalue weighted by atomic mass is 32.2. The molecule has 1 aliphatic rings. The van der Waals surface area contributed by atoms with Gasteiger partial charge in [0.25, 0.3) is 0 Å². The van der Waals surface area contributed by atoms with Gasteiger partial charge in [0.1, 0.15) is 4.90 Å². The van der Waals surface area contributed by atoms with E-state index >= 15 is 0 Å². The van der Waals surface area contributed by atoms with Crippen LogP contribution in [0.25, 0.3) is 0 Å². The lowest BCUT2D eigenvalue weighted by atomic mass is 10.2. The molecule has 0 aromatic carbocycles. The first-order chi connectivity index (χ1) is 10.1. The van der Waals surface area contributed by atoms with Crippen LogP contribution in [0.4, 0.5) is 0 Å². The molecular formula is C13H24N4O3S. The van der Waals surface area contributed by atoms with Gasteiger partial charge in [0.05, 0.1) is 18.8 Å². The van der Waals surface area contributed by atoms with Crippen LogP contribution < -0.4 is 10.0 Å². The van der Waals surface area contributed by atoms with E-state index in [9.17, 15) is 8.42 Å². The Labute approximate surface area is 126 Å². The van der Waals surface area contributed by atoms with E-state index in [2.05, 4.69) is 22.1 Å². The van der Waals surface area contributed by atoms with Crippen molar-refractivity contribution in [2.75, 3.05) is 26.2 Å². The van der Waals surface area contributed by atoms with Crippen molar-refractivity contribution in [3.05, 3.63) is 12.4 Å². The van der Waals surface area contributed by atoms with E-state index < -0.39 is 10.0 Å². The van der Waals surface area contributed by atoms with Crippen molar-refractivity contribution in [3.8, 4) is 0 Å². The van der Waals surface area contributed by atoms with Crippen molar-refractivity contribution in [3.63, 3.8) is 0 Å². The summed E-state index contributed by atoms with van der Waals surface area (Å²) in [7, 11) is -3.50. The smallest absolute Gasteiger partial charge is 0.243 e. The van der Waals surface area contributed by atoms with E-state index in [4.69, 9.17) is 4.74 Å². The molecule has 1 fully saturated rings. The molecule has 0 radical (unpaired) electrons. The minimum Gasteiger partial charge on any atom is -0.377 e. The van der Waals surface area contributed by atoms with E-state index in [0.29, 0.717) is 13.1 Å². The average Bonchev–Trinajstić information content (AvgIpc) is 3.13. The van der Waals surface area contributed by atoms with E-state index in [-0.39, 0.29) is 11.0 Å². The third kappa shape index (κ3) is 5.06. The number of ether oxygens (including phenoxy) is 1. The second kappa shape index (κ2) is 7.88. The van der Waals surface area contributed by atoms with E-state index in [1.165, 1.54) is 6.20 Å². The Morgan fingerprint density at radius 1 is 1.48 bits per heavy atom. The molecule has 21 heavy (non-hydrogen) atoms. The first-order valence-electron chi connectivity index (χ1n) is 7.46. The summed E-state index contributed by atoms with van der Waals surface area (Å²) in [5.41, 5.74) is 0. The lowest BCUT2D eigenvalue weighted by Gasteiger charge is -2.10. The van der Waals surface area contributed by atoms with Gasteiger partial charge in [-0.05, 0) is 25.8 Å². The fourth-order valence-corrected chi connectivity index (χ4v) is 3.21. The maximum atomic E-state index is 12.1. The molecular weight excluding hydrogens is 292 g/mol. The van der Waals surface area contributed by atoms with Crippen molar-refractivity contribution < 1.29 is 13.2 Å². The molecule has 0 amide bonds. The van der Waals surface area contributed by atoms with Crippen molar-refractivity contribution in [2.45, 2.75) is 43.7 Å². The van der Waals surface area contributed by atoms with Gasteiger partial charge in [-0.15, -0.1) is 0 Å². The van der Waals surface area contributed by atoms with Crippen molar-refractivity contribution >= 4 is 10.0 Å². The molecule has 0 bridgehead atoms. The molecule has 1 aromatic heterocycles. The van der Waals surface area contributed by atoms with Crippen LogP contribution in [0.3, 0.4) is 0 Å². The van der Waals surface area contributed by atoms with Crippen LogP contribution in [0.1, 0.15) is 26.2 Å². The number of rotatable bonds is 9. The number of hydrogen-bond donors (Lipinski definition) is 2. The Balaban J connectivity index is 1.83. The van der Waals surface area contributed by atoms with Gasteiger partial charge in [-0.1, -0.05) is 6.92 Å². The third-order valence-electron chi connectivity index (χ3n) is 3.39. The normalized spacial score (nSPS) is 19.2. The van der Waals surface area contributed by atoms with Gasteiger partial charge in [-0.2, -0.15) is 5.10 Å². The van der Waals surface area contributed by atoms with Crippen molar-refractivity contribution in [1.29, 1.82) is 0 Å². The topological polar surface area (TPSA) is 85.2 Å². The molecule has 0 aliphatic carbocycles. The Hall–Kier alpha value is -0.960. The maximum Gasteiger partial charge on any atom is 0.243 e. The number of nitrogens with one attached hydrogen (secondary N) is 2. The minimum atomic E-state index is -3.50. The van der Waals surface area contributed by atoms with Gasteiger partial charge >= 0.3 is 0 Å². The summed E-state index contributed by atoms with van der Waals surface area (Å²) in [5, 5.41) is 7.34. The standard InChI is InChI=1S/C13H24N4O3S/c1-2-5-14-6-7-17-11-13(10-15-17)21(18,19)16-9-12-4-3-8-20-12/h10-12,14,16H,2-9H2,1H3. The molecule has 7 nitrogen and oxygen atoms in total. The predicted octanol–water partition coefficient (Wildman–Crippen LogP) is 0.340. The quantitative estimate of drug-likeness (QED) is 0.642. The van der Waals surface area contributed by atoms with Crippen LogP contribution in [-0.4, -0.2) is 50.5 Å². The number of sulfonamides is 1. The number of nitrogens with zero attached hydrogens (tertiary/aromatic N) is 2.